The Bertz CT molecular complexity index is 4020. The van der Waals surface area contributed by atoms with E-state index in [1.165, 1.54) is 142 Å². The highest BCUT2D eigenvalue weighted by atomic mass is 19.1. The van der Waals surface area contributed by atoms with Crippen molar-refractivity contribution in [3.8, 4) is 0 Å². The molecule has 15 rings (SSSR count). The van der Waals surface area contributed by atoms with Crippen LogP contribution in [0.15, 0.2) is 143 Å². The van der Waals surface area contributed by atoms with E-state index in [0.717, 1.165) is 0 Å². The number of nitrogens with zero attached hydrogens (tertiary/aromatic N) is 12. The maximum atomic E-state index is 14.2. The topological polar surface area (TPSA) is 217 Å². The van der Waals surface area contributed by atoms with Gasteiger partial charge in [0.25, 0.3) is 0 Å². The molecule has 0 aliphatic carbocycles. The Morgan fingerprint density at radius 1 is 0.405 bits per heavy atom. The maximum absolute atomic E-state index is 14.2. The first kappa shape index (κ1) is 49.5. The molecule has 3 N–H and O–H groups in total. The zero-order chi connectivity index (χ0) is 61.0. The van der Waals surface area contributed by atoms with Crippen LogP contribution in [0.1, 0.15) is 122 Å². The maximum Gasteiger partial charge on any atom is 0.185 e. The Labute approximate surface area is 477 Å². The zero-order valence-electron chi connectivity index (χ0n) is 47.3. The molecule has 0 amide bonds. The number of carbonyl (C=O) groups excluding carboxylic acids is 3. The van der Waals surface area contributed by atoms with Crippen LogP contribution in [0, 0.1) is 34.9 Å². The molecule has 0 radical (unpaired) electrons. The first-order valence-electron chi connectivity index (χ1n) is 27.5. The van der Waals surface area contributed by atoms with Crippen LogP contribution < -0.4 is 16.0 Å². The molecule has 9 heterocycles. The van der Waals surface area contributed by atoms with Gasteiger partial charge < -0.3 is 16.0 Å². The molecule has 6 aliphatic rings. The summed E-state index contributed by atoms with van der Waals surface area (Å²) in [6.07, 6.45) is 4.11. The fourth-order valence-corrected chi connectivity index (χ4v) is 11.4. The summed E-state index contributed by atoms with van der Waals surface area (Å²) in [5, 5.41) is 21.5. The van der Waals surface area contributed by atoms with Gasteiger partial charge in [0.1, 0.15) is 91.0 Å². The Hall–Kier alpha value is -10.3. The highest BCUT2D eigenvalue weighted by Gasteiger charge is 2.45. The van der Waals surface area contributed by atoms with Crippen molar-refractivity contribution in [2.45, 2.75) is 35.8 Å². The lowest BCUT2D eigenvalue weighted by molar-refractivity contribution is 0.0991. The van der Waals surface area contributed by atoms with Crippen molar-refractivity contribution < 1.29 is 44.8 Å². The molecule has 6 aromatic carbocycles. The van der Waals surface area contributed by atoms with Crippen molar-refractivity contribution in [3.05, 3.63) is 231 Å². The molecule has 6 atom stereocenters. The highest BCUT2D eigenvalue weighted by Crippen LogP contribution is 2.48. The number of anilines is 3. The van der Waals surface area contributed by atoms with E-state index in [0.29, 0.717) is 85.1 Å². The van der Waals surface area contributed by atoms with Crippen LogP contribution >= 0.6 is 0 Å². The van der Waals surface area contributed by atoms with Gasteiger partial charge >= 0.3 is 0 Å². The molecule has 0 fully saturated rings. The second kappa shape index (κ2) is 20.9. The fraction of sp³-hybridized carbons (Fsp3) is 0.200. The van der Waals surface area contributed by atoms with Gasteiger partial charge in [0.05, 0.1) is 57.1 Å². The van der Waals surface area contributed by atoms with Gasteiger partial charge in [-0.2, -0.15) is 15.3 Å². The van der Waals surface area contributed by atoms with Crippen LogP contribution in [0.4, 0.5) is 43.4 Å². The lowest BCUT2D eigenvalue weighted by atomic mass is 9.78. The Kier molecular flexibility index (Phi) is 12.3. The number of hydrogen-bond acceptors (Lipinski definition) is 15. The molecular formula is C60H45F6N15O3. The van der Waals surface area contributed by atoms with Crippen molar-refractivity contribution in [3.63, 3.8) is 0 Å². The summed E-state index contributed by atoms with van der Waals surface area (Å²) >= 11 is 0. The molecule has 6 aliphatic heterocycles. The molecule has 18 nitrogen and oxygen atoms in total. The van der Waals surface area contributed by atoms with Crippen molar-refractivity contribution >= 4 is 51.5 Å². The van der Waals surface area contributed by atoms with E-state index < -0.39 is 70.7 Å². The number of halogens is 6. The predicted octanol–water partition coefficient (Wildman–Crippen LogP) is 9.09. The van der Waals surface area contributed by atoms with E-state index in [1.807, 2.05) is 0 Å². The summed E-state index contributed by atoms with van der Waals surface area (Å²) in [6, 6.07) is 19.2. The molecule has 0 bridgehead atoms. The Morgan fingerprint density at radius 3 is 0.905 bits per heavy atom. The third-order valence-electron chi connectivity index (χ3n) is 15.1. The van der Waals surface area contributed by atoms with Gasteiger partial charge in [-0.3, -0.25) is 43.4 Å². The number of aliphatic imine (C=N–C) groups is 3. The van der Waals surface area contributed by atoms with Crippen LogP contribution in [0.2, 0.25) is 0 Å². The quantitative estimate of drug-likeness (QED) is 0.133. The van der Waals surface area contributed by atoms with Crippen LogP contribution in [-0.2, 0) is 21.1 Å². The van der Waals surface area contributed by atoms with Gasteiger partial charge in [-0.05, 0) is 89.5 Å². The largest absolute Gasteiger partial charge is 0.376 e. The number of ketones is 3. The summed E-state index contributed by atoms with van der Waals surface area (Å²) in [6.45, 7) is -0.419. The number of aromatic nitrogens is 9. The van der Waals surface area contributed by atoms with Crippen molar-refractivity contribution in [2.24, 2.45) is 36.1 Å². The number of Topliss-reactive ketones (excluding diaryl/α,β-unsaturated/α-hetero) is 3. The number of carbonyl (C=O) groups is 3. The predicted molar refractivity (Wildman–Crippen MR) is 296 cm³/mol. The molecule has 84 heavy (non-hydrogen) atoms. The molecule has 3 aromatic heterocycles. The second-order valence-corrected chi connectivity index (χ2v) is 20.2. The van der Waals surface area contributed by atoms with Gasteiger partial charge in [0.2, 0.25) is 0 Å². The Balaban J connectivity index is 0.000000121. The lowest BCUT2D eigenvalue weighted by Gasteiger charge is -2.37. The van der Waals surface area contributed by atoms with Crippen LogP contribution in [0.25, 0.3) is 0 Å². The lowest BCUT2D eigenvalue weighted by Crippen LogP contribution is -2.37. The van der Waals surface area contributed by atoms with Gasteiger partial charge in [0.15, 0.2) is 17.3 Å². The molecule has 9 aromatic rings. The van der Waals surface area contributed by atoms with Gasteiger partial charge in [0, 0.05) is 71.6 Å². The van der Waals surface area contributed by atoms with Crippen molar-refractivity contribution in [1.82, 2.24) is 44.3 Å². The van der Waals surface area contributed by atoms with E-state index in [9.17, 15) is 44.8 Å². The molecule has 420 valence electrons. The minimum atomic E-state index is -1.58. The number of hydrogen-bond donors (Lipinski definition) is 3. The van der Waals surface area contributed by atoms with Crippen molar-refractivity contribution in [2.75, 3.05) is 35.6 Å². The summed E-state index contributed by atoms with van der Waals surface area (Å²) in [5.41, 5.74) is 5.72. The summed E-state index contributed by atoms with van der Waals surface area (Å²) in [7, 11) is 5.09. The minimum absolute atomic E-state index is 0.140. The minimum Gasteiger partial charge on any atom is -0.376 e. The van der Waals surface area contributed by atoms with Crippen LogP contribution in [0.5, 0.6) is 0 Å². The molecule has 0 spiro atoms. The van der Waals surface area contributed by atoms with E-state index in [4.69, 9.17) is 0 Å². The van der Waals surface area contributed by atoms with Crippen LogP contribution in [0.3, 0.4) is 0 Å². The normalized spacial score (nSPS) is 23.5. The number of rotatable bonds is 6. The van der Waals surface area contributed by atoms with Gasteiger partial charge in [-0.15, -0.1) is 0 Å². The number of benzene rings is 6. The SMILES string of the molecule is [2H]C1(c2ccc(F)cc2)Nc2cc(F)cc3c2C(=NCC3=O)C1c1ncnn1C.[2H][C@@]1(c2ccc(F)cc2)Nc2cc(F)cc3c2C(=NCC3=O)[C@H]1c1ncnn1C.[2H][C@]1(c2ccc(F)cc2)Nc2cc(F)cc3c2C(=NCC3=O)[C@@H]1c1ncnn1C. The van der Waals surface area contributed by atoms with Crippen LogP contribution in [-0.4, -0.2) is 98.4 Å². The molecule has 0 saturated heterocycles. The average molecular weight is 1140 g/mol. The van der Waals surface area contributed by atoms with Crippen molar-refractivity contribution in [1.29, 1.82) is 0 Å². The monoisotopic (exact) mass is 1140 g/mol. The van der Waals surface area contributed by atoms with E-state index in [2.05, 4.69) is 61.2 Å². The van der Waals surface area contributed by atoms with E-state index in [-0.39, 0.29) is 53.7 Å². The summed E-state index contributed by atoms with van der Waals surface area (Å²) in [5.74, 6) is -4.85. The number of nitrogens with one attached hydrogen (secondary N) is 3. The van der Waals surface area contributed by atoms with Gasteiger partial charge in [-0.25, -0.2) is 41.3 Å². The zero-order valence-corrected chi connectivity index (χ0v) is 44.3. The van der Waals surface area contributed by atoms with E-state index in [1.54, 1.807) is 21.1 Å². The Morgan fingerprint density at radius 2 is 0.667 bits per heavy atom. The molecular weight excluding hydrogens is 1090 g/mol. The first-order chi connectivity index (χ1) is 41.6. The smallest absolute Gasteiger partial charge is 0.185 e. The molecule has 2 unspecified atom stereocenters. The third-order valence-corrected chi connectivity index (χ3v) is 15.1. The van der Waals surface area contributed by atoms with E-state index >= 15 is 0 Å². The van der Waals surface area contributed by atoms with Gasteiger partial charge in [-0.1, -0.05) is 36.4 Å². The first-order valence-corrected chi connectivity index (χ1v) is 26.0. The number of aryl methyl sites for hydroxylation is 3. The fourth-order valence-electron chi connectivity index (χ4n) is 11.4. The second-order valence-electron chi connectivity index (χ2n) is 20.2. The highest BCUT2D eigenvalue weighted by molar-refractivity contribution is 6.23. The molecule has 24 heteroatoms. The summed E-state index contributed by atoms with van der Waals surface area (Å²) < 4.78 is 116. The summed E-state index contributed by atoms with van der Waals surface area (Å²) in [4.78, 5) is 63.5. The average Bonchev–Trinajstić information content (AvgIpc) is 1.54. The standard InChI is InChI=1S/3C20H15F2N5O/c3*1-27-20(24-9-25-27)17-18(10-2-4-11(21)5-3-10)26-14-7-12(22)6-13-15(28)8-23-19(17)16(13)14/h3*2-7,9,17-18,26H,8H2,1H3/t2*17-,18-;/m10./s1/i3*18D. The molecule has 0 saturated carbocycles. The third kappa shape index (κ3) is 9.27.